The molecule has 3 aromatic carbocycles. The van der Waals surface area contributed by atoms with Crippen LogP contribution in [0.4, 0.5) is 0 Å². The summed E-state index contributed by atoms with van der Waals surface area (Å²) < 4.78 is 6.23. The second-order valence-electron chi connectivity index (χ2n) is 8.16. The monoisotopic (exact) mass is 356 g/mol. The SMILES string of the molecule is CC(=O)OC1(c2ccccc2C(C)(C)C)c2ccccc2-c2ccccc21. The molecule has 0 heterocycles. The quantitative estimate of drug-likeness (QED) is 0.541. The van der Waals surface area contributed by atoms with Gasteiger partial charge in [0.2, 0.25) is 0 Å². The molecule has 0 spiro atoms. The molecule has 0 unspecified atom stereocenters. The van der Waals surface area contributed by atoms with Gasteiger partial charge in [-0.15, -0.1) is 0 Å². The molecule has 3 aromatic rings. The molecule has 2 nitrogen and oxygen atoms in total. The summed E-state index contributed by atoms with van der Waals surface area (Å²) in [6, 6.07) is 24.8. The number of esters is 1. The van der Waals surface area contributed by atoms with E-state index < -0.39 is 5.60 Å². The second-order valence-corrected chi connectivity index (χ2v) is 8.16. The van der Waals surface area contributed by atoms with Crippen LogP contribution in [0, 0.1) is 0 Å². The van der Waals surface area contributed by atoms with Crippen molar-refractivity contribution >= 4 is 5.97 Å². The van der Waals surface area contributed by atoms with E-state index in [2.05, 4.69) is 63.2 Å². The molecule has 0 bridgehead atoms. The molecule has 0 aliphatic heterocycles. The van der Waals surface area contributed by atoms with E-state index in [0.717, 1.165) is 27.8 Å². The molecule has 0 saturated carbocycles. The van der Waals surface area contributed by atoms with E-state index in [4.69, 9.17) is 4.74 Å². The maximum Gasteiger partial charge on any atom is 0.304 e. The summed E-state index contributed by atoms with van der Waals surface area (Å²) in [5, 5.41) is 0. The van der Waals surface area contributed by atoms with Crippen LogP contribution < -0.4 is 0 Å². The average molecular weight is 356 g/mol. The third-order valence-corrected chi connectivity index (χ3v) is 5.31. The lowest BCUT2D eigenvalue weighted by atomic mass is 9.74. The molecule has 1 aliphatic rings. The minimum Gasteiger partial charge on any atom is -0.444 e. The van der Waals surface area contributed by atoms with Gasteiger partial charge in [-0.2, -0.15) is 0 Å². The van der Waals surface area contributed by atoms with Gasteiger partial charge in [0.1, 0.15) is 0 Å². The van der Waals surface area contributed by atoms with Gasteiger partial charge < -0.3 is 4.74 Å². The van der Waals surface area contributed by atoms with Crippen LogP contribution >= 0.6 is 0 Å². The lowest BCUT2D eigenvalue weighted by Crippen LogP contribution is -2.35. The van der Waals surface area contributed by atoms with Crippen molar-refractivity contribution in [3.05, 3.63) is 95.1 Å². The van der Waals surface area contributed by atoms with Gasteiger partial charge in [0.05, 0.1) is 0 Å². The number of benzene rings is 3. The van der Waals surface area contributed by atoms with Gasteiger partial charge in [-0.3, -0.25) is 4.79 Å². The maximum atomic E-state index is 12.3. The highest BCUT2D eigenvalue weighted by molar-refractivity contribution is 5.84. The van der Waals surface area contributed by atoms with Gasteiger partial charge in [0, 0.05) is 23.6 Å². The van der Waals surface area contributed by atoms with Crippen molar-refractivity contribution < 1.29 is 9.53 Å². The van der Waals surface area contributed by atoms with E-state index in [1.807, 2.05) is 30.3 Å². The number of fused-ring (bicyclic) bond motifs is 3. The van der Waals surface area contributed by atoms with E-state index in [9.17, 15) is 4.79 Å². The van der Waals surface area contributed by atoms with Crippen LogP contribution in [0.5, 0.6) is 0 Å². The minimum atomic E-state index is -0.928. The molecule has 0 aromatic heterocycles. The first kappa shape index (κ1) is 17.5. The number of rotatable bonds is 2. The molecule has 136 valence electrons. The molecule has 0 amide bonds. The Labute approximate surface area is 160 Å². The van der Waals surface area contributed by atoms with Crippen molar-refractivity contribution in [2.75, 3.05) is 0 Å². The van der Waals surface area contributed by atoms with Crippen LogP contribution in [0.15, 0.2) is 72.8 Å². The van der Waals surface area contributed by atoms with Crippen LogP contribution in [0.25, 0.3) is 11.1 Å². The number of carbonyl (C=O) groups excluding carboxylic acids is 1. The Morgan fingerprint density at radius 3 is 1.67 bits per heavy atom. The predicted octanol–water partition coefficient (Wildman–Crippen LogP) is 5.82. The van der Waals surface area contributed by atoms with Crippen LogP contribution in [0.2, 0.25) is 0 Å². The Bertz CT molecular complexity index is 979. The zero-order chi connectivity index (χ0) is 19.2. The molecule has 0 radical (unpaired) electrons. The number of hydrogen-bond acceptors (Lipinski definition) is 2. The molecular formula is C25H24O2. The summed E-state index contributed by atoms with van der Waals surface area (Å²) in [6.45, 7) is 8.07. The van der Waals surface area contributed by atoms with E-state index in [1.165, 1.54) is 12.5 Å². The van der Waals surface area contributed by atoms with Crippen molar-refractivity contribution in [3.63, 3.8) is 0 Å². The fraction of sp³-hybridized carbons (Fsp3) is 0.240. The minimum absolute atomic E-state index is 0.0871. The van der Waals surface area contributed by atoms with Gasteiger partial charge in [0.25, 0.3) is 0 Å². The fourth-order valence-electron chi connectivity index (χ4n) is 4.31. The lowest BCUT2D eigenvalue weighted by molar-refractivity contribution is -0.150. The van der Waals surface area contributed by atoms with Crippen LogP contribution in [0.3, 0.4) is 0 Å². The first-order valence-electron chi connectivity index (χ1n) is 9.34. The molecular weight excluding hydrogens is 332 g/mol. The van der Waals surface area contributed by atoms with Crippen LogP contribution in [0.1, 0.15) is 49.9 Å². The summed E-state index contributed by atoms with van der Waals surface area (Å²) in [5.74, 6) is -0.287. The first-order chi connectivity index (χ1) is 12.9. The molecule has 4 rings (SSSR count). The Kier molecular flexibility index (Phi) is 3.96. The number of hydrogen-bond donors (Lipinski definition) is 0. The van der Waals surface area contributed by atoms with Crippen molar-refractivity contribution in [2.24, 2.45) is 0 Å². The van der Waals surface area contributed by atoms with Crippen molar-refractivity contribution in [1.82, 2.24) is 0 Å². The van der Waals surface area contributed by atoms with Gasteiger partial charge >= 0.3 is 5.97 Å². The van der Waals surface area contributed by atoms with Gasteiger partial charge in [-0.05, 0) is 22.1 Å². The van der Waals surface area contributed by atoms with Gasteiger partial charge in [-0.25, -0.2) is 0 Å². The molecule has 0 fully saturated rings. The smallest absolute Gasteiger partial charge is 0.304 e. The zero-order valence-corrected chi connectivity index (χ0v) is 16.2. The topological polar surface area (TPSA) is 26.3 Å². The predicted molar refractivity (Wildman–Crippen MR) is 109 cm³/mol. The molecule has 0 atom stereocenters. The Balaban J connectivity index is 2.15. The summed E-state index contributed by atoms with van der Waals surface area (Å²) in [4.78, 5) is 12.3. The first-order valence-corrected chi connectivity index (χ1v) is 9.34. The van der Waals surface area contributed by atoms with Crippen molar-refractivity contribution in [2.45, 2.75) is 38.7 Å². The summed E-state index contributed by atoms with van der Waals surface area (Å²) in [5.41, 5.74) is 5.49. The molecule has 1 aliphatic carbocycles. The maximum absolute atomic E-state index is 12.3. The summed E-state index contributed by atoms with van der Waals surface area (Å²) >= 11 is 0. The highest BCUT2D eigenvalue weighted by Gasteiger charge is 2.49. The van der Waals surface area contributed by atoms with E-state index in [1.54, 1.807) is 0 Å². The standard InChI is InChI=1S/C25H24O2/c1-17(26)27-25(23-16-10-9-15-22(23)24(2,3)4)20-13-7-5-11-18(20)19-12-6-8-14-21(19)25/h5-16H,1-4H3. The zero-order valence-electron chi connectivity index (χ0n) is 16.2. The third kappa shape index (κ3) is 2.59. The Hall–Kier alpha value is -2.87. The highest BCUT2D eigenvalue weighted by atomic mass is 16.6. The fourth-order valence-corrected chi connectivity index (χ4v) is 4.31. The van der Waals surface area contributed by atoms with Gasteiger partial charge in [0.15, 0.2) is 5.60 Å². The van der Waals surface area contributed by atoms with E-state index in [0.29, 0.717) is 0 Å². The van der Waals surface area contributed by atoms with Crippen LogP contribution in [-0.4, -0.2) is 5.97 Å². The van der Waals surface area contributed by atoms with Crippen molar-refractivity contribution in [3.8, 4) is 11.1 Å². The van der Waals surface area contributed by atoms with Crippen molar-refractivity contribution in [1.29, 1.82) is 0 Å². The number of ether oxygens (including phenoxy) is 1. The summed E-state index contributed by atoms with van der Waals surface area (Å²) in [7, 11) is 0. The lowest BCUT2D eigenvalue weighted by Gasteiger charge is -2.36. The molecule has 27 heavy (non-hydrogen) atoms. The largest absolute Gasteiger partial charge is 0.444 e. The van der Waals surface area contributed by atoms with E-state index >= 15 is 0 Å². The van der Waals surface area contributed by atoms with Crippen LogP contribution in [-0.2, 0) is 20.5 Å². The third-order valence-electron chi connectivity index (χ3n) is 5.31. The average Bonchev–Trinajstić information content (AvgIpc) is 2.92. The Morgan fingerprint density at radius 1 is 0.741 bits per heavy atom. The second kappa shape index (κ2) is 6.09. The normalized spacial score (nSPS) is 14.4. The van der Waals surface area contributed by atoms with E-state index in [-0.39, 0.29) is 11.4 Å². The molecule has 2 heteroatoms. The number of carbonyl (C=O) groups is 1. The molecule has 0 N–H and O–H groups in total. The summed E-state index contributed by atoms with van der Waals surface area (Å²) in [6.07, 6.45) is 0. The van der Waals surface area contributed by atoms with Gasteiger partial charge in [-0.1, -0.05) is 93.6 Å². The Morgan fingerprint density at radius 2 is 1.19 bits per heavy atom. The highest BCUT2D eigenvalue weighted by Crippen LogP contribution is 2.54. The molecule has 0 saturated heterocycles.